The SMILES string of the molecule is FC(F)(F)Cn1cc(-c2cnc3nnn(Cc4ccn5cccc5n4)c3n2)cn1. The van der Waals surface area contributed by atoms with Gasteiger partial charge in [-0.3, -0.25) is 4.68 Å². The molecule has 0 amide bonds. The van der Waals surface area contributed by atoms with Gasteiger partial charge in [0.1, 0.15) is 12.2 Å². The number of alkyl halides is 3. The first-order chi connectivity index (χ1) is 13.9. The van der Waals surface area contributed by atoms with Crippen molar-refractivity contribution in [3.05, 3.63) is 54.9 Å². The van der Waals surface area contributed by atoms with Crippen LogP contribution in [0.1, 0.15) is 5.69 Å². The van der Waals surface area contributed by atoms with Crippen molar-refractivity contribution in [3.8, 4) is 11.3 Å². The molecule has 0 fully saturated rings. The molecule has 0 aliphatic rings. The third-order valence-electron chi connectivity index (χ3n) is 4.25. The second kappa shape index (κ2) is 6.36. The molecule has 0 aliphatic carbocycles. The maximum absolute atomic E-state index is 12.5. The van der Waals surface area contributed by atoms with Gasteiger partial charge in [0.2, 0.25) is 5.65 Å². The Hall–Kier alpha value is -3.83. The predicted octanol–water partition coefficient (Wildman–Crippen LogP) is 2.34. The van der Waals surface area contributed by atoms with E-state index in [1.165, 1.54) is 18.6 Å². The van der Waals surface area contributed by atoms with Crippen LogP contribution < -0.4 is 0 Å². The molecule has 0 atom stereocenters. The van der Waals surface area contributed by atoms with E-state index in [0.717, 1.165) is 16.0 Å². The number of hydrogen-bond acceptors (Lipinski definition) is 6. The zero-order valence-corrected chi connectivity index (χ0v) is 14.7. The lowest BCUT2D eigenvalue weighted by molar-refractivity contribution is -0.142. The highest BCUT2D eigenvalue weighted by molar-refractivity contribution is 5.69. The van der Waals surface area contributed by atoms with Crippen LogP contribution in [0, 0.1) is 0 Å². The zero-order chi connectivity index (χ0) is 20.0. The van der Waals surface area contributed by atoms with Crippen molar-refractivity contribution in [1.82, 2.24) is 44.1 Å². The van der Waals surface area contributed by atoms with Gasteiger partial charge < -0.3 is 4.40 Å². The van der Waals surface area contributed by atoms with Gasteiger partial charge in [0.15, 0.2) is 5.65 Å². The molecule has 5 heterocycles. The molecule has 146 valence electrons. The number of hydrogen-bond donors (Lipinski definition) is 0. The van der Waals surface area contributed by atoms with E-state index in [-0.39, 0.29) is 0 Å². The lowest BCUT2D eigenvalue weighted by Crippen LogP contribution is -2.17. The number of fused-ring (bicyclic) bond motifs is 2. The summed E-state index contributed by atoms with van der Waals surface area (Å²) in [5, 5.41) is 11.8. The summed E-state index contributed by atoms with van der Waals surface area (Å²) < 4.78 is 41.9. The van der Waals surface area contributed by atoms with Gasteiger partial charge in [-0.1, -0.05) is 5.21 Å². The van der Waals surface area contributed by atoms with Crippen LogP contribution in [0.2, 0.25) is 0 Å². The smallest absolute Gasteiger partial charge is 0.309 e. The van der Waals surface area contributed by atoms with Crippen molar-refractivity contribution in [1.29, 1.82) is 0 Å². The third kappa shape index (κ3) is 3.39. The quantitative estimate of drug-likeness (QED) is 0.461. The van der Waals surface area contributed by atoms with Crippen LogP contribution in [0.5, 0.6) is 0 Å². The second-order valence-electron chi connectivity index (χ2n) is 6.38. The largest absolute Gasteiger partial charge is 0.408 e. The molecule has 0 bridgehead atoms. The third-order valence-corrected chi connectivity index (χ3v) is 4.25. The molecule has 12 heteroatoms. The van der Waals surface area contributed by atoms with Crippen LogP contribution >= 0.6 is 0 Å². The highest BCUT2D eigenvalue weighted by atomic mass is 19.4. The molecule has 5 rings (SSSR count). The topological polar surface area (TPSA) is 91.6 Å². The monoisotopic (exact) mass is 399 g/mol. The van der Waals surface area contributed by atoms with Crippen molar-refractivity contribution in [2.75, 3.05) is 0 Å². The Labute approximate surface area is 160 Å². The van der Waals surface area contributed by atoms with Crippen LogP contribution in [0.15, 0.2) is 49.2 Å². The lowest BCUT2D eigenvalue weighted by atomic mass is 10.3. The number of aromatic nitrogens is 9. The van der Waals surface area contributed by atoms with Gasteiger partial charge in [-0.15, -0.1) is 5.10 Å². The highest BCUT2D eigenvalue weighted by Crippen LogP contribution is 2.21. The van der Waals surface area contributed by atoms with Crippen LogP contribution in [-0.2, 0) is 13.1 Å². The molecule has 0 spiro atoms. The molecule has 0 N–H and O–H groups in total. The summed E-state index contributed by atoms with van der Waals surface area (Å²) >= 11 is 0. The van der Waals surface area contributed by atoms with Crippen molar-refractivity contribution in [2.24, 2.45) is 0 Å². The first-order valence-electron chi connectivity index (χ1n) is 8.53. The lowest BCUT2D eigenvalue weighted by Gasteiger charge is -2.05. The average Bonchev–Trinajstić information content (AvgIpc) is 3.40. The van der Waals surface area contributed by atoms with Gasteiger partial charge in [0.05, 0.1) is 30.3 Å². The van der Waals surface area contributed by atoms with E-state index in [1.807, 2.05) is 35.0 Å². The summed E-state index contributed by atoms with van der Waals surface area (Å²) in [6.07, 6.45) is 3.46. The van der Waals surface area contributed by atoms with E-state index in [0.29, 0.717) is 29.1 Å². The molecule has 0 saturated carbocycles. The van der Waals surface area contributed by atoms with Crippen molar-refractivity contribution in [2.45, 2.75) is 19.3 Å². The molecule has 0 aromatic carbocycles. The summed E-state index contributed by atoms with van der Waals surface area (Å²) in [6, 6.07) is 5.64. The Morgan fingerprint density at radius 3 is 2.79 bits per heavy atom. The minimum absolute atomic E-state index is 0.323. The van der Waals surface area contributed by atoms with Gasteiger partial charge >= 0.3 is 6.18 Å². The fourth-order valence-corrected chi connectivity index (χ4v) is 2.96. The van der Waals surface area contributed by atoms with Crippen molar-refractivity contribution in [3.63, 3.8) is 0 Å². The van der Waals surface area contributed by atoms with Crippen LogP contribution in [-0.4, -0.2) is 50.3 Å². The first kappa shape index (κ1) is 17.3. The summed E-state index contributed by atoms with van der Waals surface area (Å²) in [4.78, 5) is 13.2. The molecular formula is C17H12F3N9. The van der Waals surface area contributed by atoms with Crippen LogP contribution in [0.25, 0.3) is 28.2 Å². The molecule has 0 radical (unpaired) electrons. The Bertz CT molecular complexity index is 1310. The van der Waals surface area contributed by atoms with Crippen LogP contribution in [0.4, 0.5) is 13.2 Å². The van der Waals surface area contributed by atoms with Gasteiger partial charge in [0, 0.05) is 24.2 Å². The molecule has 9 nitrogen and oxygen atoms in total. The fraction of sp³-hybridized carbons (Fsp3) is 0.176. The van der Waals surface area contributed by atoms with E-state index in [2.05, 4.69) is 30.4 Å². The van der Waals surface area contributed by atoms with Crippen LogP contribution in [0.3, 0.4) is 0 Å². The standard InChI is InChI=1S/C17H12F3N9/c18-17(19,20)10-28-8-11(6-22-28)13-7-21-15-16(24-13)29(26-25-15)9-12-3-5-27-4-1-2-14(27)23-12/h1-8H,9-10H2. The molecule has 5 aromatic heterocycles. The van der Waals surface area contributed by atoms with E-state index in [4.69, 9.17) is 0 Å². The minimum atomic E-state index is -4.35. The Morgan fingerprint density at radius 2 is 1.93 bits per heavy atom. The Balaban J connectivity index is 1.47. The maximum Gasteiger partial charge on any atom is 0.408 e. The maximum atomic E-state index is 12.5. The molecule has 0 aliphatic heterocycles. The van der Waals surface area contributed by atoms with Crippen molar-refractivity contribution >= 4 is 16.9 Å². The average molecular weight is 399 g/mol. The molecule has 0 saturated heterocycles. The molecule has 29 heavy (non-hydrogen) atoms. The van der Waals surface area contributed by atoms with Gasteiger partial charge in [-0.25, -0.2) is 19.6 Å². The Morgan fingerprint density at radius 1 is 1.03 bits per heavy atom. The number of nitrogens with zero attached hydrogens (tertiary/aromatic N) is 9. The summed E-state index contributed by atoms with van der Waals surface area (Å²) in [7, 11) is 0. The number of rotatable bonds is 4. The van der Waals surface area contributed by atoms with E-state index in [9.17, 15) is 13.2 Å². The summed E-state index contributed by atoms with van der Waals surface area (Å²) in [5.74, 6) is 0. The highest BCUT2D eigenvalue weighted by Gasteiger charge is 2.28. The predicted molar refractivity (Wildman–Crippen MR) is 94.7 cm³/mol. The summed E-state index contributed by atoms with van der Waals surface area (Å²) in [6.45, 7) is -0.848. The normalized spacial score (nSPS) is 12.2. The van der Waals surface area contributed by atoms with E-state index >= 15 is 0 Å². The van der Waals surface area contributed by atoms with Gasteiger partial charge in [-0.2, -0.15) is 18.3 Å². The van der Waals surface area contributed by atoms with Gasteiger partial charge in [-0.05, 0) is 18.2 Å². The minimum Gasteiger partial charge on any atom is -0.309 e. The first-order valence-corrected chi connectivity index (χ1v) is 8.53. The fourth-order valence-electron chi connectivity index (χ4n) is 2.96. The molecule has 5 aromatic rings. The molecule has 0 unspecified atom stereocenters. The zero-order valence-electron chi connectivity index (χ0n) is 14.7. The van der Waals surface area contributed by atoms with E-state index in [1.54, 1.807) is 4.68 Å². The second-order valence-corrected chi connectivity index (χ2v) is 6.38. The van der Waals surface area contributed by atoms with Crippen molar-refractivity contribution < 1.29 is 13.2 Å². The summed E-state index contributed by atoms with van der Waals surface area (Å²) in [5.41, 5.74) is 3.10. The molecular weight excluding hydrogens is 387 g/mol. The van der Waals surface area contributed by atoms with E-state index < -0.39 is 12.7 Å². The Kier molecular flexibility index (Phi) is 3.79. The van der Waals surface area contributed by atoms with Gasteiger partial charge in [0.25, 0.3) is 0 Å². The number of halogens is 3.